The van der Waals surface area contributed by atoms with Gasteiger partial charge in [-0.15, -0.1) is 0 Å². The van der Waals surface area contributed by atoms with Crippen LogP contribution in [0.5, 0.6) is 0 Å². The summed E-state index contributed by atoms with van der Waals surface area (Å²) in [6.07, 6.45) is 39.4. The van der Waals surface area contributed by atoms with E-state index in [1.807, 2.05) is 0 Å². The Morgan fingerprint density at radius 1 is 0.681 bits per heavy atom. The molecule has 1 heterocycles. The number of carbonyl (C=O) groups is 2. The smallest absolute Gasteiger partial charge is 0.306 e. The highest BCUT2D eigenvalue weighted by Crippen LogP contribution is 2.30. The van der Waals surface area contributed by atoms with E-state index in [1.54, 1.807) is 0 Å². The lowest BCUT2D eigenvalue weighted by molar-refractivity contribution is -0.161. The van der Waals surface area contributed by atoms with E-state index in [0.717, 1.165) is 50.9 Å². The van der Waals surface area contributed by atoms with Gasteiger partial charge in [0.2, 0.25) is 0 Å². The fourth-order valence-electron chi connectivity index (χ4n) is 5.71. The summed E-state index contributed by atoms with van der Waals surface area (Å²) >= 11 is 0. The Morgan fingerprint density at radius 3 is 1.87 bits per heavy atom. The van der Waals surface area contributed by atoms with Gasteiger partial charge in [-0.05, 0) is 57.3 Å². The molecule has 0 aliphatic carbocycles. The Morgan fingerprint density at radius 2 is 1.26 bits per heavy atom. The third kappa shape index (κ3) is 28.8. The van der Waals surface area contributed by atoms with E-state index >= 15 is 0 Å². The maximum Gasteiger partial charge on any atom is 0.306 e. The summed E-state index contributed by atoms with van der Waals surface area (Å²) in [6.45, 7) is 6.39. The van der Waals surface area contributed by atoms with Crippen molar-refractivity contribution < 1.29 is 28.9 Å². The number of rotatable bonds is 33. The van der Waals surface area contributed by atoms with E-state index in [9.17, 15) is 14.7 Å². The number of allylic oxidation sites excluding steroid dienone is 5. The summed E-state index contributed by atoms with van der Waals surface area (Å²) in [5, 5.41) is 9.57. The highest BCUT2D eigenvalue weighted by atomic mass is 16.6. The summed E-state index contributed by atoms with van der Waals surface area (Å²) in [4.78, 5) is 24.3. The van der Waals surface area contributed by atoms with Crippen molar-refractivity contribution in [2.24, 2.45) is 5.92 Å². The third-order valence-corrected chi connectivity index (χ3v) is 8.79. The third-order valence-electron chi connectivity index (χ3n) is 8.79. The fourth-order valence-corrected chi connectivity index (χ4v) is 5.71. The van der Waals surface area contributed by atoms with Gasteiger partial charge in [0.25, 0.3) is 0 Å². The molecular formula is C41H72O6. The second-order valence-electron chi connectivity index (χ2n) is 13.9. The van der Waals surface area contributed by atoms with Crippen LogP contribution in [-0.4, -0.2) is 48.6 Å². The number of carbonyl (C=O) groups excluding carboxylic acids is 2. The summed E-state index contributed by atoms with van der Waals surface area (Å²) in [6, 6.07) is 0. The van der Waals surface area contributed by atoms with E-state index in [0.29, 0.717) is 12.8 Å². The Hall–Kier alpha value is -1.92. The van der Waals surface area contributed by atoms with Gasteiger partial charge in [-0.1, -0.05) is 147 Å². The second-order valence-corrected chi connectivity index (χ2v) is 13.9. The Labute approximate surface area is 289 Å². The van der Waals surface area contributed by atoms with E-state index < -0.39 is 6.10 Å². The van der Waals surface area contributed by atoms with Crippen molar-refractivity contribution in [3.63, 3.8) is 0 Å². The molecule has 272 valence electrons. The van der Waals surface area contributed by atoms with Crippen molar-refractivity contribution in [1.82, 2.24) is 0 Å². The lowest BCUT2D eigenvalue weighted by Gasteiger charge is -2.15. The van der Waals surface area contributed by atoms with Crippen LogP contribution >= 0.6 is 0 Å². The van der Waals surface area contributed by atoms with Gasteiger partial charge >= 0.3 is 11.9 Å². The van der Waals surface area contributed by atoms with E-state index in [-0.39, 0.29) is 43.8 Å². The minimum atomic E-state index is -0.808. The van der Waals surface area contributed by atoms with Crippen LogP contribution in [0.25, 0.3) is 0 Å². The molecule has 1 aliphatic heterocycles. The Kier molecular flexibility index (Phi) is 28.8. The molecule has 6 heteroatoms. The highest BCUT2D eigenvalue weighted by Gasteiger charge is 2.36. The molecule has 0 amide bonds. The average Bonchev–Trinajstić information content (AvgIpc) is 3.81. The van der Waals surface area contributed by atoms with Crippen LogP contribution in [0.15, 0.2) is 36.5 Å². The second kappa shape index (κ2) is 31.4. The number of hydrogen-bond donors (Lipinski definition) is 1. The molecule has 1 saturated heterocycles. The molecule has 0 aromatic carbocycles. The predicted molar refractivity (Wildman–Crippen MR) is 195 cm³/mol. The molecule has 0 radical (unpaired) electrons. The van der Waals surface area contributed by atoms with Gasteiger partial charge < -0.3 is 19.3 Å². The van der Waals surface area contributed by atoms with Gasteiger partial charge in [0, 0.05) is 12.8 Å². The minimum Gasteiger partial charge on any atom is -0.462 e. The zero-order valence-corrected chi connectivity index (χ0v) is 30.6. The number of hydrogen-bond acceptors (Lipinski definition) is 6. The minimum absolute atomic E-state index is 0.0934. The maximum atomic E-state index is 12.2. The van der Waals surface area contributed by atoms with E-state index in [1.165, 1.54) is 89.9 Å². The zero-order chi connectivity index (χ0) is 34.2. The van der Waals surface area contributed by atoms with Crippen LogP contribution in [0.4, 0.5) is 0 Å². The average molecular weight is 661 g/mol. The highest BCUT2D eigenvalue weighted by molar-refractivity contribution is 5.70. The van der Waals surface area contributed by atoms with Gasteiger partial charge in [0.15, 0.2) is 6.10 Å². The standard InChI is InChI=1S/C41H72O6/c1-4-5-6-7-8-9-10-14-17-20-23-26-30-38-39(47-38)31-28-33-41(44)46-37(34-42)35-45-40(43)32-27-24-21-18-15-12-11-13-16-19-22-25-29-36(2)3/h8-9,14,17,23,26,36-39,42H,4-7,10-13,15-16,18-22,24-25,27-35H2,1-3H3/b9-8-,17-14-,26-23-/t37-,38?,39?/m0/s1. The largest absolute Gasteiger partial charge is 0.462 e. The van der Waals surface area contributed by atoms with Crippen LogP contribution in [0.1, 0.15) is 175 Å². The molecule has 0 aromatic rings. The summed E-state index contributed by atoms with van der Waals surface area (Å²) < 4.78 is 16.3. The van der Waals surface area contributed by atoms with E-state index in [2.05, 4.69) is 57.2 Å². The summed E-state index contributed by atoms with van der Waals surface area (Å²) in [7, 11) is 0. The van der Waals surface area contributed by atoms with Gasteiger partial charge in [0.05, 0.1) is 18.8 Å². The SMILES string of the molecule is CCCCC/C=C\C/C=C\C/C=C\CC1OC1CCCC(=O)O[C@@H](CO)COC(=O)CCCCCCCCCCCCCCC(C)C. The maximum absolute atomic E-state index is 12.2. The molecule has 0 spiro atoms. The molecule has 3 atom stereocenters. The first-order chi connectivity index (χ1) is 23.0. The van der Waals surface area contributed by atoms with Crippen molar-refractivity contribution in [1.29, 1.82) is 0 Å². The first-order valence-corrected chi connectivity index (χ1v) is 19.5. The molecule has 0 bridgehead atoms. The first kappa shape index (κ1) is 43.1. The van der Waals surface area contributed by atoms with Gasteiger partial charge in [0.1, 0.15) is 6.61 Å². The number of aliphatic hydroxyl groups excluding tert-OH is 1. The molecule has 1 aliphatic rings. The quantitative estimate of drug-likeness (QED) is 0.0326. The number of unbranched alkanes of at least 4 members (excludes halogenated alkanes) is 14. The van der Waals surface area contributed by atoms with Crippen LogP contribution in [0.2, 0.25) is 0 Å². The van der Waals surface area contributed by atoms with Crippen molar-refractivity contribution in [3.05, 3.63) is 36.5 Å². The molecule has 0 saturated carbocycles. The van der Waals surface area contributed by atoms with Gasteiger partial charge in [-0.2, -0.15) is 0 Å². The van der Waals surface area contributed by atoms with Crippen LogP contribution < -0.4 is 0 Å². The Balaban J connectivity index is 1.94. The number of esters is 2. The molecule has 47 heavy (non-hydrogen) atoms. The fraction of sp³-hybridized carbons (Fsp3) is 0.805. The van der Waals surface area contributed by atoms with Crippen molar-refractivity contribution >= 4 is 11.9 Å². The molecule has 2 unspecified atom stereocenters. The molecule has 1 fully saturated rings. The number of ether oxygens (including phenoxy) is 3. The molecule has 1 N–H and O–H groups in total. The van der Waals surface area contributed by atoms with Crippen molar-refractivity contribution in [3.8, 4) is 0 Å². The van der Waals surface area contributed by atoms with Crippen LogP contribution in [0, 0.1) is 5.92 Å². The van der Waals surface area contributed by atoms with Crippen LogP contribution in [0.3, 0.4) is 0 Å². The van der Waals surface area contributed by atoms with E-state index in [4.69, 9.17) is 14.2 Å². The first-order valence-electron chi connectivity index (χ1n) is 19.5. The van der Waals surface area contributed by atoms with Crippen molar-refractivity contribution in [2.75, 3.05) is 13.2 Å². The normalized spacial score (nSPS) is 17.0. The lowest BCUT2D eigenvalue weighted by Crippen LogP contribution is -2.28. The van der Waals surface area contributed by atoms with Crippen molar-refractivity contribution in [2.45, 2.75) is 193 Å². The van der Waals surface area contributed by atoms with Gasteiger partial charge in [-0.3, -0.25) is 9.59 Å². The lowest BCUT2D eigenvalue weighted by atomic mass is 10.0. The molecule has 0 aromatic heterocycles. The topological polar surface area (TPSA) is 85.4 Å². The Bertz CT molecular complexity index is 832. The molecule has 6 nitrogen and oxygen atoms in total. The summed E-state index contributed by atoms with van der Waals surface area (Å²) in [5.41, 5.74) is 0. The monoisotopic (exact) mass is 661 g/mol. The van der Waals surface area contributed by atoms with Crippen LogP contribution in [-0.2, 0) is 23.8 Å². The zero-order valence-electron chi connectivity index (χ0n) is 30.6. The number of aliphatic hydroxyl groups is 1. The predicted octanol–water partition coefficient (Wildman–Crippen LogP) is 10.9. The van der Waals surface area contributed by atoms with Gasteiger partial charge in [-0.25, -0.2) is 0 Å². The molecular weight excluding hydrogens is 588 g/mol. The molecule has 1 rings (SSSR count). The summed E-state index contributed by atoms with van der Waals surface area (Å²) in [5.74, 6) is 0.171. The number of epoxide rings is 1.